The van der Waals surface area contributed by atoms with Crippen LogP contribution in [-0.4, -0.2) is 100 Å². The van der Waals surface area contributed by atoms with E-state index in [2.05, 4.69) is 5.32 Å². The molecule has 4 amide bonds. The van der Waals surface area contributed by atoms with Crippen molar-refractivity contribution in [3.63, 3.8) is 0 Å². The first kappa shape index (κ1) is 30.2. The molecule has 0 aliphatic carbocycles. The highest BCUT2D eigenvalue weighted by Crippen LogP contribution is 2.28. The summed E-state index contributed by atoms with van der Waals surface area (Å²) in [6.45, 7) is 6.67. The third kappa shape index (κ3) is 7.07. The lowest BCUT2D eigenvalue weighted by molar-refractivity contribution is -0.191. The molecule has 0 spiro atoms. The molecule has 1 rings (SSSR count). The van der Waals surface area contributed by atoms with Crippen LogP contribution < -0.4 is 5.32 Å². The van der Waals surface area contributed by atoms with E-state index < -0.39 is 65.7 Å². The Balaban J connectivity index is 3.21. The lowest BCUT2D eigenvalue weighted by Gasteiger charge is -2.42. The Morgan fingerprint density at radius 2 is 1.54 bits per heavy atom. The standard InChI is InChI=1S/C22H35F3N4O6/c1-7-21(4,28(6)20(35)22(23,24)25)19(34)27(5)16(13(2)3)17(32)26-14(12-15(30)31)18(33)29-10-8-9-11-29/h13-14,16H,7-12H2,1-6H3,(H,26,32)(H,30,31)/t14-,16?,21-/m0/s1. The van der Waals surface area contributed by atoms with Gasteiger partial charge in [-0.2, -0.15) is 13.2 Å². The Hall–Kier alpha value is -2.86. The van der Waals surface area contributed by atoms with Crippen molar-refractivity contribution in [2.24, 2.45) is 5.92 Å². The zero-order valence-corrected chi connectivity index (χ0v) is 20.9. The molecule has 0 bridgehead atoms. The number of nitrogens with zero attached hydrogens (tertiary/aromatic N) is 3. The number of hydrogen-bond donors (Lipinski definition) is 2. The van der Waals surface area contributed by atoms with Crippen LogP contribution >= 0.6 is 0 Å². The summed E-state index contributed by atoms with van der Waals surface area (Å²) in [6.07, 6.45) is -4.52. The second kappa shape index (κ2) is 11.7. The molecular formula is C22H35F3N4O6. The second-order valence-electron chi connectivity index (χ2n) is 9.29. The van der Waals surface area contributed by atoms with E-state index in [0.717, 1.165) is 24.8 Å². The number of nitrogens with one attached hydrogen (secondary N) is 1. The van der Waals surface area contributed by atoms with Crippen LogP contribution in [0, 0.1) is 5.92 Å². The van der Waals surface area contributed by atoms with Crippen LogP contribution in [0.2, 0.25) is 0 Å². The van der Waals surface area contributed by atoms with Crippen molar-refractivity contribution >= 4 is 29.6 Å². The number of alkyl halides is 3. The summed E-state index contributed by atoms with van der Waals surface area (Å²) in [4.78, 5) is 65.2. The van der Waals surface area contributed by atoms with E-state index in [9.17, 15) is 42.3 Å². The van der Waals surface area contributed by atoms with Crippen LogP contribution in [0.4, 0.5) is 13.2 Å². The first-order chi connectivity index (χ1) is 16.0. The number of halogens is 3. The number of carboxylic acids is 1. The van der Waals surface area contributed by atoms with Gasteiger partial charge in [0, 0.05) is 27.2 Å². The van der Waals surface area contributed by atoms with Crippen molar-refractivity contribution in [2.45, 2.75) is 77.2 Å². The van der Waals surface area contributed by atoms with E-state index in [-0.39, 0.29) is 6.42 Å². The maximum absolute atomic E-state index is 13.3. The van der Waals surface area contributed by atoms with Crippen LogP contribution in [0.1, 0.15) is 53.4 Å². The number of carbonyl (C=O) groups is 5. The highest BCUT2D eigenvalue weighted by Gasteiger charge is 2.51. The first-order valence-electron chi connectivity index (χ1n) is 11.4. The maximum Gasteiger partial charge on any atom is 0.471 e. The summed E-state index contributed by atoms with van der Waals surface area (Å²) in [5.41, 5.74) is -1.92. The zero-order valence-electron chi connectivity index (χ0n) is 20.9. The molecule has 1 heterocycles. The predicted octanol–water partition coefficient (Wildman–Crippen LogP) is 1.24. The normalized spacial score (nSPS) is 17.4. The van der Waals surface area contributed by atoms with Crippen LogP contribution in [0.15, 0.2) is 0 Å². The number of aliphatic carboxylic acids is 1. The number of likely N-dealkylation sites (N-methyl/N-ethyl adjacent to an activating group) is 2. The van der Waals surface area contributed by atoms with Crippen molar-refractivity contribution in [2.75, 3.05) is 27.2 Å². The van der Waals surface area contributed by atoms with Crippen LogP contribution in [0.5, 0.6) is 0 Å². The summed E-state index contributed by atoms with van der Waals surface area (Å²) < 4.78 is 39.1. The quantitative estimate of drug-likeness (QED) is 0.457. The minimum Gasteiger partial charge on any atom is -0.481 e. The zero-order chi connectivity index (χ0) is 27.3. The fourth-order valence-electron chi connectivity index (χ4n) is 4.17. The van der Waals surface area contributed by atoms with Gasteiger partial charge in [0.1, 0.15) is 17.6 Å². The van der Waals surface area contributed by atoms with Gasteiger partial charge in [-0.05, 0) is 32.1 Å². The van der Waals surface area contributed by atoms with Gasteiger partial charge in [-0.15, -0.1) is 0 Å². The Morgan fingerprint density at radius 1 is 1.03 bits per heavy atom. The largest absolute Gasteiger partial charge is 0.481 e. The van der Waals surface area contributed by atoms with Crippen molar-refractivity contribution in [1.82, 2.24) is 20.0 Å². The monoisotopic (exact) mass is 508 g/mol. The molecular weight excluding hydrogens is 473 g/mol. The van der Waals surface area contributed by atoms with E-state index >= 15 is 0 Å². The Kier molecular flexibility index (Phi) is 10.1. The molecule has 0 aromatic rings. The van der Waals surface area contributed by atoms with E-state index in [1.165, 1.54) is 25.8 Å². The SMILES string of the molecule is CC[C@@](C)(C(=O)N(C)C(C(=O)N[C@@H](CC(=O)O)C(=O)N1CCCC1)C(C)C)N(C)C(=O)C(F)(F)F. The highest BCUT2D eigenvalue weighted by atomic mass is 19.4. The molecule has 0 aromatic carbocycles. The lowest BCUT2D eigenvalue weighted by atomic mass is 9.92. The molecule has 3 atom stereocenters. The molecule has 0 saturated carbocycles. The molecule has 1 unspecified atom stereocenters. The topological polar surface area (TPSA) is 127 Å². The second-order valence-corrected chi connectivity index (χ2v) is 9.29. The Morgan fingerprint density at radius 3 is 1.94 bits per heavy atom. The van der Waals surface area contributed by atoms with Crippen LogP contribution in [-0.2, 0) is 24.0 Å². The molecule has 1 fully saturated rings. The fraction of sp³-hybridized carbons (Fsp3) is 0.773. The molecule has 10 nitrogen and oxygen atoms in total. The fourth-order valence-corrected chi connectivity index (χ4v) is 4.17. The van der Waals surface area contributed by atoms with E-state index in [1.54, 1.807) is 13.8 Å². The van der Waals surface area contributed by atoms with Crippen molar-refractivity contribution < 1.29 is 42.3 Å². The van der Waals surface area contributed by atoms with Gasteiger partial charge in [0.15, 0.2) is 0 Å². The predicted molar refractivity (Wildman–Crippen MR) is 119 cm³/mol. The summed E-state index contributed by atoms with van der Waals surface area (Å²) in [5, 5.41) is 11.7. The van der Waals surface area contributed by atoms with Gasteiger partial charge in [-0.3, -0.25) is 24.0 Å². The van der Waals surface area contributed by atoms with E-state index in [1.807, 2.05) is 0 Å². The van der Waals surface area contributed by atoms with Gasteiger partial charge in [-0.1, -0.05) is 20.8 Å². The van der Waals surface area contributed by atoms with Crippen molar-refractivity contribution in [1.29, 1.82) is 0 Å². The molecule has 1 aliphatic heterocycles. The molecule has 13 heteroatoms. The number of carboxylic acid groups (broad SMARTS) is 1. The Bertz CT molecular complexity index is 828. The molecule has 35 heavy (non-hydrogen) atoms. The molecule has 1 aliphatic rings. The average Bonchev–Trinajstić information content (AvgIpc) is 3.29. The third-order valence-corrected chi connectivity index (χ3v) is 6.49. The number of rotatable bonds is 10. The molecule has 2 N–H and O–H groups in total. The number of hydrogen-bond acceptors (Lipinski definition) is 5. The number of likely N-dealkylation sites (tertiary alicyclic amines) is 1. The van der Waals surface area contributed by atoms with E-state index in [0.29, 0.717) is 18.0 Å². The van der Waals surface area contributed by atoms with Gasteiger partial charge in [0.25, 0.3) is 0 Å². The summed E-state index contributed by atoms with van der Waals surface area (Å²) in [6, 6.07) is -2.61. The number of carbonyl (C=O) groups excluding carboxylic acids is 4. The highest BCUT2D eigenvalue weighted by molar-refractivity contribution is 5.97. The van der Waals surface area contributed by atoms with E-state index in [4.69, 9.17) is 0 Å². The van der Waals surface area contributed by atoms with Crippen LogP contribution in [0.3, 0.4) is 0 Å². The minimum atomic E-state index is -5.20. The molecule has 0 radical (unpaired) electrons. The van der Waals surface area contributed by atoms with Crippen molar-refractivity contribution in [3.05, 3.63) is 0 Å². The van der Waals surface area contributed by atoms with Gasteiger partial charge in [-0.25, -0.2) is 0 Å². The maximum atomic E-state index is 13.3. The molecule has 200 valence electrons. The van der Waals surface area contributed by atoms with Crippen LogP contribution in [0.25, 0.3) is 0 Å². The minimum absolute atomic E-state index is 0.171. The van der Waals surface area contributed by atoms with Gasteiger partial charge < -0.3 is 25.1 Å². The van der Waals surface area contributed by atoms with Gasteiger partial charge >= 0.3 is 18.1 Å². The average molecular weight is 509 g/mol. The summed E-state index contributed by atoms with van der Waals surface area (Å²) in [7, 11) is 2.09. The van der Waals surface area contributed by atoms with Gasteiger partial charge in [0.2, 0.25) is 17.7 Å². The lowest BCUT2D eigenvalue weighted by Crippen LogP contribution is -2.64. The molecule has 1 saturated heterocycles. The molecule has 0 aromatic heterocycles. The first-order valence-corrected chi connectivity index (χ1v) is 11.4. The van der Waals surface area contributed by atoms with Gasteiger partial charge in [0.05, 0.1) is 6.42 Å². The van der Waals surface area contributed by atoms with Crippen molar-refractivity contribution in [3.8, 4) is 0 Å². The summed E-state index contributed by atoms with van der Waals surface area (Å²) >= 11 is 0. The summed E-state index contributed by atoms with van der Waals surface area (Å²) in [5.74, 6) is -6.34. The smallest absolute Gasteiger partial charge is 0.471 e. The number of amides is 4. The third-order valence-electron chi connectivity index (χ3n) is 6.49. The Labute approximate surface area is 202 Å².